The number of hydrogen-bond donors (Lipinski definition) is 3. The molecule has 0 bridgehead atoms. The van der Waals surface area contributed by atoms with Crippen molar-refractivity contribution in [3.05, 3.63) is 24.3 Å². The van der Waals surface area contributed by atoms with Gasteiger partial charge < -0.3 is 10.1 Å². The molecule has 0 spiro atoms. The summed E-state index contributed by atoms with van der Waals surface area (Å²) in [5.74, 6) is 2.32. The predicted molar refractivity (Wildman–Crippen MR) is 111 cm³/mol. The molecule has 26 heavy (non-hydrogen) atoms. The molecule has 2 rings (SSSR count). The lowest BCUT2D eigenvalue weighted by Gasteiger charge is -2.35. The first kappa shape index (κ1) is 20.8. The van der Waals surface area contributed by atoms with Gasteiger partial charge in [-0.25, -0.2) is 0 Å². The minimum atomic E-state index is -0.113. The summed E-state index contributed by atoms with van der Waals surface area (Å²) < 4.78 is 5.41. The fourth-order valence-electron chi connectivity index (χ4n) is 3.10. The first-order chi connectivity index (χ1) is 12.5. The Balaban J connectivity index is 1.67. The average Bonchev–Trinajstić information content (AvgIpc) is 2.63. The van der Waals surface area contributed by atoms with E-state index in [9.17, 15) is 4.79 Å². The molecule has 3 N–H and O–H groups in total. The fraction of sp³-hybridized carbons (Fsp3) is 0.579. The Kier molecular flexibility index (Phi) is 8.51. The van der Waals surface area contributed by atoms with Gasteiger partial charge in [-0.2, -0.15) is 0 Å². The summed E-state index contributed by atoms with van der Waals surface area (Å²) in [4.78, 5) is 13.0. The number of hydrazine groups is 1. The average molecular weight is 396 g/mol. The Bertz CT molecular complexity index is 595. The van der Waals surface area contributed by atoms with E-state index in [-0.39, 0.29) is 5.91 Å². The zero-order valence-corrected chi connectivity index (χ0v) is 17.3. The number of benzene rings is 1. The lowest BCUT2D eigenvalue weighted by molar-refractivity contribution is -0.119. The van der Waals surface area contributed by atoms with Crippen LogP contribution in [0.2, 0.25) is 0 Å². The number of amides is 1. The van der Waals surface area contributed by atoms with Crippen molar-refractivity contribution in [2.45, 2.75) is 51.0 Å². The molecular formula is C19H29N3O2S2. The third kappa shape index (κ3) is 6.68. The molecule has 0 radical (unpaired) electrons. The van der Waals surface area contributed by atoms with Crippen molar-refractivity contribution < 1.29 is 9.53 Å². The van der Waals surface area contributed by atoms with E-state index in [1.807, 2.05) is 31.2 Å². The number of ether oxygens (including phenoxy) is 1. The van der Waals surface area contributed by atoms with Gasteiger partial charge >= 0.3 is 0 Å². The molecule has 0 saturated heterocycles. The highest BCUT2D eigenvalue weighted by Gasteiger charge is 2.27. The number of carbonyl (C=O) groups excluding carboxylic acids is 1. The SMILES string of the molecule is CCOc1ccc(SCC(=O)NNC(=S)N[C@H]2CCC[C@@H](C)[C@@H]2C)cc1. The van der Waals surface area contributed by atoms with Crippen molar-refractivity contribution >= 4 is 35.0 Å². The Morgan fingerprint density at radius 2 is 1.96 bits per heavy atom. The fourth-order valence-corrected chi connectivity index (χ4v) is 4.00. The molecule has 0 aromatic heterocycles. The second-order valence-electron chi connectivity index (χ2n) is 6.71. The van der Waals surface area contributed by atoms with Crippen LogP contribution in [-0.4, -0.2) is 29.4 Å². The maximum absolute atomic E-state index is 12.0. The van der Waals surface area contributed by atoms with Gasteiger partial charge in [0.25, 0.3) is 0 Å². The van der Waals surface area contributed by atoms with Crippen LogP contribution in [0.5, 0.6) is 5.75 Å². The van der Waals surface area contributed by atoms with E-state index in [1.165, 1.54) is 24.6 Å². The Morgan fingerprint density at radius 1 is 1.23 bits per heavy atom. The van der Waals surface area contributed by atoms with Crippen LogP contribution in [0.15, 0.2) is 29.2 Å². The van der Waals surface area contributed by atoms with Gasteiger partial charge in [0, 0.05) is 10.9 Å². The molecule has 0 aliphatic heterocycles. The zero-order valence-electron chi connectivity index (χ0n) is 15.7. The quantitative estimate of drug-likeness (QED) is 0.389. The summed E-state index contributed by atoms with van der Waals surface area (Å²) in [6.07, 6.45) is 3.62. The third-order valence-corrected chi connectivity index (χ3v) is 6.08. The Morgan fingerprint density at radius 3 is 2.65 bits per heavy atom. The van der Waals surface area contributed by atoms with Crippen LogP contribution in [-0.2, 0) is 4.79 Å². The van der Waals surface area contributed by atoms with E-state index in [2.05, 4.69) is 30.0 Å². The molecule has 7 heteroatoms. The van der Waals surface area contributed by atoms with Gasteiger partial charge in [0.2, 0.25) is 5.91 Å². The van der Waals surface area contributed by atoms with E-state index in [0.717, 1.165) is 17.1 Å². The number of rotatable bonds is 6. The number of nitrogens with one attached hydrogen (secondary N) is 3. The maximum Gasteiger partial charge on any atom is 0.248 e. The Hall–Kier alpha value is -1.47. The Labute approximate surface area is 166 Å². The topological polar surface area (TPSA) is 62.4 Å². The van der Waals surface area contributed by atoms with Crippen LogP contribution in [0, 0.1) is 11.8 Å². The molecule has 1 aromatic carbocycles. The molecule has 5 nitrogen and oxygen atoms in total. The summed E-state index contributed by atoms with van der Waals surface area (Å²) in [6, 6.07) is 8.09. The molecular weight excluding hydrogens is 366 g/mol. The van der Waals surface area contributed by atoms with Crippen molar-refractivity contribution in [3.8, 4) is 5.75 Å². The van der Waals surface area contributed by atoms with Crippen molar-refractivity contribution in [1.29, 1.82) is 0 Å². The van der Waals surface area contributed by atoms with Crippen LogP contribution >= 0.6 is 24.0 Å². The standard InChI is InChI=1S/C19H29N3O2S2/c1-4-24-15-8-10-16(11-9-15)26-12-18(23)21-22-19(25)20-17-7-5-6-13(2)14(17)3/h8-11,13-14,17H,4-7,12H2,1-3H3,(H,21,23)(H2,20,22,25)/t13-,14+,17+/m1/s1. The van der Waals surface area contributed by atoms with Gasteiger partial charge in [-0.1, -0.05) is 26.7 Å². The van der Waals surface area contributed by atoms with E-state index >= 15 is 0 Å². The van der Waals surface area contributed by atoms with Gasteiger partial charge in [-0.15, -0.1) is 11.8 Å². The zero-order chi connectivity index (χ0) is 18.9. The van der Waals surface area contributed by atoms with Gasteiger partial charge in [0.15, 0.2) is 5.11 Å². The van der Waals surface area contributed by atoms with Crippen LogP contribution in [0.3, 0.4) is 0 Å². The second-order valence-corrected chi connectivity index (χ2v) is 8.17. The minimum absolute atomic E-state index is 0.113. The number of thioether (sulfide) groups is 1. The molecule has 144 valence electrons. The molecule has 1 aromatic rings. The highest BCUT2D eigenvalue weighted by molar-refractivity contribution is 8.00. The molecule has 1 amide bonds. The molecule has 1 aliphatic rings. The largest absolute Gasteiger partial charge is 0.494 e. The number of hydrogen-bond acceptors (Lipinski definition) is 4. The first-order valence-electron chi connectivity index (χ1n) is 9.20. The van der Waals surface area contributed by atoms with Gasteiger partial charge in [0.1, 0.15) is 5.75 Å². The lowest BCUT2D eigenvalue weighted by Crippen LogP contribution is -2.52. The third-order valence-electron chi connectivity index (χ3n) is 4.84. The maximum atomic E-state index is 12.0. The lowest BCUT2D eigenvalue weighted by atomic mass is 9.78. The number of thiocarbonyl (C=S) groups is 1. The van der Waals surface area contributed by atoms with Crippen molar-refractivity contribution in [1.82, 2.24) is 16.2 Å². The normalized spacial score (nSPS) is 22.3. The monoisotopic (exact) mass is 395 g/mol. The molecule has 1 saturated carbocycles. The summed E-state index contributed by atoms with van der Waals surface area (Å²) in [5, 5.41) is 3.81. The molecule has 0 heterocycles. The van der Waals surface area contributed by atoms with Crippen molar-refractivity contribution in [3.63, 3.8) is 0 Å². The molecule has 0 unspecified atom stereocenters. The van der Waals surface area contributed by atoms with Crippen LogP contribution in [0.1, 0.15) is 40.0 Å². The van der Waals surface area contributed by atoms with E-state index in [4.69, 9.17) is 17.0 Å². The van der Waals surface area contributed by atoms with Crippen molar-refractivity contribution in [2.24, 2.45) is 11.8 Å². The van der Waals surface area contributed by atoms with Crippen molar-refractivity contribution in [2.75, 3.05) is 12.4 Å². The van der Waals surface area contributed by atoms with Crippen LogP contribution < -0.4 is 20.9 Å². The van der Waals surface area contributed by atoms with E-state index < -0.39 is 0 Å². The van der Waals surface area contributed by atoms with Gasteiger partial charge in [-0.05, 0) is 61.7 Å². The van der Waals surface area contributed by atoms with Crippen LogP contribution in [0.4, 0.5) is 0 Å². The summed E-state index contributed by atoms with van der Waals surface area (Å²) in [6.45, 7) is 7.15. The number of carbonyl (C=O) groups is 1. The van der Waals surface area contributed by atoms with E-state index in [0.29, 0.717) is 35.3 Å². The van der Waals surface area contributed by atoms with Gasteiger partial charge in [0.05, 0.1) is 12.4 Å². The van der Waals surface area contributed by atoms with Crippen LogP contribution in [0.25, 0.3) is 0 Å². The van der Waals surface area contributed by atoms with Gasteiger partial charge in [-0.3, -0.25) is 15.6 Å². The molecule has 1 aliphatic carbocycles. The summed E-state index contributed by atoms with van der Waals surface area (Å²) >= 11 is 6.78. The second kappa shape index (κ2) is 10.6. The molecule has 1 fully saturated rings. The summed E-state index contributed by atoms with van der Waals surface area (Å²) in [7, 11) is 0. The molecule has 3 atom stereocenters. The van der Waals surface area contributed by atoms with E-state index in [1.54, 1.807) is 0 Å². The highest BCUT2D eigenvalue weighted by atomic mass is 32.2. The first-order valence-corrected chi connectivity index (χ1v) is 10.6. The predicted octanol–water partition coefficient (Wildman–Crippen LogP) is 3.50. The minimum Gasteiger partial charge on any atom is -0.494 e. The smallest absolute Gasteiger partial charge is 0.248 e. The highest BCUT2D eigenvalue weighted by Crippen LogP contribution is 2.29. The summed E-state index contributed by atoms with van der Waals surface area (Å²) in [5.41, 5.74) is 5.48.